The van der Waals surface area contributed by atoms with Gasteiger partial charge >= 0.3 is 0 Å². The van der Waals surface area contributed by atoms with E-state index in [4.69, 9.17) is 0 Å². The number of ketones is 1. The second-order valence-electron chi connectivity index (χ2n) is 7.42. The number of rotatable bonds is 3. The van der Waals surface area contributed by atoms with Gasteiger partial charge in [0.1, 0.15) is 11.5 Å². The Balaban J connectivity index is 1.66. The molecule has 1 aliphatic carbocycles. The van der Waals surface area contributed by atoms with Crippen molar-refractivity contribution in [3.63, 3.8) is 0 Å². The molecule has 1 N–H and O–H groups in total. The average Bonchev–Trinajstić information content (AvgIpc) is 3.11. The molecular formula is C21H18FN5O2. The molecule has 0 fully saturated rings. The monoisotopic (exact) mass is 391 g/mol. The maximum absolute atomic E-state index is 13.2. The first kappa shape index (κ1) is 18.7. The summed E-state index contributed by atoms with van der Waals surface area (Å²) in [5, 5.41) is 8.46. The molecule has 1 aliphatic rings. The number of Topliss-reactive ketones (excluding diaryl/α,β-unsaturated/α-hetero) is 1. The van der Waals surface area contributed by atoms with Crippen molar-refractivity contribution in [1.82, 2.24) is 20.2 Å². The Labute approximate surface area is 166 Å². The van der Waals surface area contributed by atoms with Crippen molar-refractivity contribution in [2.45, 2.75) is 20.3 Å². The molecule has 8 heteroatoms. The van der Waals surface area contributed by atoms with Crippen LogP contribution in [0.4, 0.5) is 4.39 Å². The average molecular weight is 391 g/mol. The Kier molecular flexibility index (Phi) is 4.54. The maximum Gasteiger partial charge on any atom is 0.271 e. The smallest absolute Gasteiger partial charge is 0.271 e. The summed E-state index contributed by atoms with van der Waals surface area (Å²) in [4.78, 5) is 29.2. The van der Waals surface area contributed by atoms with E-state index in [0.717, 1.165) is 5.69 Å². The molecule has 0 saturated heterocycles. The van der Waals surface area contributed by atoms with E-state index in [1.165, 1.54) is 30.7 Å². The van der Waals surface area contributed by atoms with Crippen LogP contribution in [0, 0.1) is 11.2 Å². The minimum atomic E-state index is -0.632. The standard InChI is InChI=1S/C21H18FN5O2/c1-21(2)11-17-16(12-24-27(17)15-5-3-14(22)4-6-15)18(28)19(21)25-26-20(29)13-7-9-23-10-8-13/h3-10,12H,11H2,1-2H3,(H,26,29)/b25-19+. The zero-order valence-electron chi connectivity index (χ0n) is 15.9. The molecule has 0 unspecified atom stereocenters. The van der Waals surface area contributed by atoms with Crippen molar-refractivity contribution in [1.29, 1.82) is 0 Å². The van der Waals surface area contributed by atoms with Crippen LogP contribution in [-0.2, 0) is 6.42 Å². The molecule has 4 rings (SSSR count). The molecule has 0 radical (unpaired) electrons. The van der Waals surface area contributed by atoms with Gasteiger partial charge in [0, 0.05) is 29.8 Å². The number of nitrogens with zero attached hydrogens (tertiary/aromatic N) is 4. The molecule has 146 valence electrons. The highest BCUT2D eigenvalue weighted by Gasteiger charge is 2.40. The summed E-state index contributed by atoms with van der Waals surface area (Å²) in [7, 11) is 0. The van der Waals surface area contributed by atoms with E-state index in [2.05, 4.69) is 20.6 Å². The molecule has 2 heterocycles. The van der Waals surface area contributed by atoms with Crippen molar-refractivity contribution in [2.75, 3.05) is 0 Å². The summed E-state index contributed by atoms with van der Waals surface area (Å²) in [6.45, 7) is 3.76. The Morgan fingerprint density at radius 2 is 1.86 bits per heavy atom. The largest absolute Gasteiger partial charge is 0.287 e. The first-order valence-corrected chi connectivity index (χ1v) is 9.03. The van der Waals surface area contributed by atoms with Crippen LogP contribution in [0.5, 0.6) is 0 Å². The van der Waals surface area contributed by atoms with Gasteiger partial charge in [0.2, 0.25) is 5.78 Å². The first-order valence-electron chi connectivity index (χ1n) is 9.03. The lowest BCUT2D eigenvalue weighted by atomic mass is 9.74. The van der Waals surface area contributed by atoms with Gasteiger partial charge in [0.25, 0.3) is 5.91 Å². The number of benzene rings is 1. The van der Waals surface area contributed by atoms with Gasteiger partial charge in [-0.3, -0.25) is 14.6 Å². The number of halogens is 1. The summed E-state index contributed by atoms with van der Waals surface area (Å²) < 4.78 is 14.9. The lowest BCUT2D eigenvalue weighted by molar-refractivity contribution is 0.0954. The Hall–Kier alpha value is -3.68. The topological polar surface area (TPSA) is 89.2 Å². The second kappa shape index (κ2) is 7.05. The normalized spacial score (nSPS) is 16.5. The Morgan fingerprint density at radius 3 is 2.55 bits per heavy atom. The quantitative estimate of drug-likeness (QED) is 0.695. The van der Waals surface area contributed by atoms with E-state index < -0.39 is 11.3 Å². The lowest BCUT2D eigenvalue weighted by Gasteiger charge is -2.30. The fourth-order valence-corrected chi connectivity index (χ4v) is 3.35. The zero-order chi connectivity index (χ0) is 20.6. The number of amides is 1. The number of carbonyl (C=O) groups excluding carboxylic acids is 2. The molecule has 0 saturated carbocycles. The van der Waals surface area contributed by atoms with E-state index in [0.29, 0.717) is 23.2 Å². The fourth-order valence-electron chi connectivity index (χ4n) is 3.35. The van der Waals surface area contributed by atoms with Crippen LogP contribution in [0.3, 0.4) is 0 Å². The minimum absolute atomic E-state index is 0.256. The van der Waals surface area contributed by atoms with Gasteiger partial charge in [0.15, 0.2) is 0 Å². The third-order valence-corrected chi connectivity index (χ3v) is 4.86. The van der Waals surface area contributed by atoms with Gasteiger partial charge in [-0.15, -0.1) is 0 Å². The first-order chi connectivity index (χ1) is 13.9. The molecule has 0 atom stereocenters. The van der Waals surface area contributed by atoms with Gasteiger partial charge in [0.05, 0.1) is 23.1 Å². The molecule has 0 spiro atoms. The molecule has 29 heavy (non-hydrogen) atoms. The molecule has 1 amide bonds. The van der Waals surface area contributed by atoms with E-state index in [-0.39, 0.29) is 17.3 Å². The number of hydrazone groups is 1. The van der Waals surface area contributed by atoms with Gasteiger partial charge in [-0.05, 0) is 36.4 Å². The lowest BCUT2D eigenvalue weighted by Crippen LogP contribution is -2.40. The summed E-state index contributed by atoms with van der Waals surface area (Å²) >= 11 is 0. The number of hydrogen-bond acceptors (Lipinski definition) is 5. The van der Waals surface area contributed by atoms with Gasteiger partial charge < -0.3 is 0 Å². The van der Waals surface area contributed by atoms with Crippen LogP contribution in [0.25, 0.3) is 5.69 Å². The van der Waals surface area contributed by atoms with E-state index in [1.54, 1.807) is 28.9 Å². The van der Waals surface area contributed by atoms with Crippen LogP contribution >= 0.6 is 0 Å². The van der Waals surface area contributed by atoms with Crippen molar-refractivity contribution >= 4 is 17.4 Å². The predicted octanol–water partition coefficient (Wildman–Crippen LogP) is 2.96. The van der Waals surface area contributed by atoms with E-state index >= 15 is 0 Å². The molecule has 3 aromatic rings. The summed E-state index contributed by atoms with van der Waals surface area (Å²) in [6, 6.07) is 9.04. The van der Waals surface area contributed by atoms with Gasteiger partial charge in [-0.1, -0.05) is 13.8 Å². The van der Waals surface area contributed by atoms with Crippen LogP contribution in [0.1, 0.15) is 40.3 Å². The minimum Gasteiger partial charge on any atom is -0.287 e. The Bertz CT molecular complexity index is 1120. The third-order valence-electron chi connectivity index (χ3n) is 4.86. The number of aromatic nitrogens is 3. The summed E-state index contributed by atoms with van der Waals surface area (Å²) in [5.41, 5.74) is 4.30. The Morgan fingerprint density at radius 1 is 1.17 bits per heavy atom. The molecule has 0 aliphatic heterocycles. The third kappa shape index (κ3) is 3.44. The SMILES string of the molecule is CC1(C)Cc2c(cnn2-c2ccc(F)cc2)C(=O)/C1=N\NC(=O)c1ccncc1. The number of fused-ring (bicyclic) bond motifs is 1. The zero-order valence-corrected chi connectivity index (χ0v) is 15.9. The fraction of sp³-hybridized carbons (Fsp3) is 0.190. The molecule has 2 aromatic heterocycles. The molecule has 7 nitrogen and oxygen atoms in total. The molecular weight excluding hydrogens is 373 g/mol. The van der Waals surface area contributed by atoms with Crippen molar-refractivity contribution in [3.05, 3.63) is 77.6 Å². The van der Waals surface area contributed by atoms with Crippen LogP contribution in [0.2, 0.25) is 0 Å². The van der Waals surface area contributed by atoms with E-state index in [1.807, 2.05) is 13.8 Å². The van der Waals surface area contributed by atoms with Crippen LogP contribution in [-0.4, -0.2) is 32.2 Å². The number of carbonyl (C=O) groups is 2. The van der Waals surface area contributed by atoms with Gasteiger partial charge in [-0.2, -0.15) is 10.2 Å². The number of pyridine rings is 1. The maximum atomic E-state index is 13.2. The van der Waals surface area contributed by atoms with Crippen LogP contribution in [0.15, 0.2) is 60.1 Å². The second-order valence-corrected chi connectivity index (χ2v) is 7.42. The van der Waals surface area contributed by atoms with Crippen molar-refractivity contribution < 1.29 is 14.0 Å². The number of nitrogens with one attached hydrogen (secondary N) is 1. The van der Waals surface area contributed by atoms with Crippen molar-refractivity contribution in [3.8, 4) is 5.69 Å². The molecule has 1 aromatic carbocycles. The van der Waals surface area contributed by atoms with Crippen LogP contribution < -0.4 is 5.43 Å². The predicted molar refractivity (Wildman–Crippen MR) is 104 cm³/mol. The summed E-state index contributed by atoms with van der Waals surface area (Å²) in [5.74, 6) is -1.05. The summed E-state index contributed by atoms with van der Waals surface area (Å²) in [6.07, 6.45) is 4.98. The highest BCUT2D eigenvalue weighted by atomic mass is 19.1. The highest BCUT2D eigenvalue weighted by Crippen LogP contribution is 2.34. The highest BCUT2D eigenvalue weighted by molar-refractivity contribution is 6.48. The van der Waals surface area contributed by atoms with E-state index in [9.17, 15) is 14.0 Å². The van der Waals surface area contributed by atoms with Gasteiger partial charge in [-0.25, -0.2) is 14.5 Å². The molecule has 0 bridgehead atoms. The van der Waals surface area contributed by atoms with Crippen molar-refractivity contribution in [2.24, 2.45) is 10.5 Å². The number of hydrogen-bond donors (Lipinski definition) is 1.